The van der Waals surface area contributed by atoms with Crippen LogP contribution in [-0.4, -0.2) is 38.4 Å². The van der Waals surface area contributed by atoms with E-state index in [1.807, 2.05) is 25.1 Å². The summed E-state index contributed by atoms with van der Waals surface area (Å²) in [6.45, 7) is 2.09. The van der Waals surface area contributed by atoms with Crippen LogP contribution in [0.3, 0.4) is 0 Å². The van der Waals surface area contributed by atoms with Gasteiger partial charge in [-0.3, -0.25) is 4.79 Å². The Bertz CT molecular complexity index is 616. The highest BCUT2D eigenvalue weighted by Gasteiger charge is 2.28. The average Bonchev–Trinajstić information content (AvgIpc) is 2.67. The summed E-state index contributed by atoms with van der Waals surface area (Å²) < 4.78 is 23.6. The van der Waals surface area contributed by atoms with Crippen molar-refractivity contribution in [2.45, 2.75) is 19.4 Å². The van der Waals surface area contributed by atoms with E-state index in [1.54, 1.807) is 0 Å². The lowest BCUT2D eigenvalue weighted by molar-refractivity contribution is -0.119. The van der Waals surface area contributed by atoms with Crippen molar-refractivity contribution >= 4 is 37.4 Å². The van der Waals surface area contributed by atoms with Gasteiger partial charge in [-0.2, -0.15) is 0 Å². The Balaban J connectivity index is 1.84. The number of hydrogen-bond donors (Lipinski definition) is 2. The lowest BCUT2D eigenvalue weighted by Gasteiger charge is -2.13. The number of rotatable bonds is 4. The fraction of sp³-hybridized carbons (Fsp3) is 0.462. The van der Waals surface area contributed by atoms with Crippen molar-refractivity contribution < 1.29 is 13.2 Å². The minimum absolute atomic E-state index is 0.0516. The van der Waals surface area contributed by atoms with E-state index in [-0.39, 0.29) is 30.0 Å². The second-order valence-corrected chi connectivity index (χ2v) is 8.12. The lowest BCUT2D eigenvalue weighted by atomic mass is 10.2. The Labute approximate surface area is 127 Å². The number of carbonyl (C=O) groups excluding carboxylic acids is 1. The van der Waals surface area contributed by atoms with Crippen molar-refractivity contribution in [3.8, 4) is 0 Å². The Morgan fingerprint density at radius 2 is 2.20 bits per heavy atom. The summed E-state index contributed by atoms with van der Waals surface area (Å²) in [7, 11) is -2.96. The van der Waals surface area contributed by atoms with Crippen LogP contribution in [0.1, 0.15) is 12.0 Å². The van der Waals surface area contributed by atoms with Crippen LogP contribution in [0.15, 0.2) is 22.7 Å². The maximum atomic E-state index is 11.8. The van der Waals surface area contributed by atoms with E-state index in [4.69, 9.17) is 0 Å². The first kappa shape index (κ1) is 15.3. The monoisotopic (exact) mass is 360 g/mol. The second-order valence-electron chi connectivity index (χ2n) is 4.98. The summed E-state index contributed by atoms with van der Waals surface area (Å²) in [6, 6.07) is 5.51. The number of sulfone groups is 1. The molecular weight excluding hydrogens is 344 g/mol. The van der Waals surface area contributed by atoms with E-state index in [0.717, 1.165) is 15.7 Å². The van der Waals surface area contributed by atoms with Gasteiger partial charge >= 0.3 is 0 Å². The number of benzene rings is 1. The molecular formula is C13H17BrN2O3S. The molecule has 0 bridgehead atoms. The Morgan fingerprint density at radius 1 is 1.45 bits per heavy atom. The molecule has 0 radical (unpaired) electrons. The highest BCUT2D eigenvalue weighted by atomic mass is 79.9. The van der Waals surface area contributed by atoms with Crippen LogP contribution in [0.25, 0.3) is 0 Å². The molecule has 1 aliphatic rings. The standard InChI is InChI=1S/C13H17BrN2O3S/c1-9-6-10(14)2-3-12(9)15-7-13(17)16-11-4-5-20(18,19)8-11/h2-3,6,11,15H,4-5,7-8H2,1H3,(H,16,17)/t11-/m1/s1. The number of carbonyl (C=O) groups is 1. The van der Waals surface area contributed by atoms with Gasteiger partial charge in [0, 0.05) is 16.2 Å². The Morgan fingerprint density at radius 3 is 2.80 bits per heavy atom. The van der Waals surface area contributed by atoms with Crippen LogP contribution in [0, 0.1) is 6.92 Å². The summed E-state index contributed by atoms with van der Waals surface area (Å²) in [4.78, 5) is 11.8. The third kappa shape index (κ3) is 4.21. The van der Waals surface area contributed by atoms with Gasteiger partial charge in [-0.1, -0.05) is 15.9 Å². The first-order valence-electron chi connectivity index (χ1n) is 6.35. The summed E-state index contributed by atoms with van der Waals surface area (Å²) in [5, 5.41) is 5.80. The zero-order valence-electron chi connectivity index (χ0n) is 11.1. The summed E-state index contributed by atoms with van der Waals surface area (Å²) in [6.07, 6.45) is 0.505. The van der Waals surface area contributed by atoms with Gasteiger partial charge in [-0.05, 0) is 37.1 Å². The van der Waals surface area contributed by atoms with Crippen LogP contribution in [-0.2, 0) is 14.6 Å². The maximum Gasteiger partial charge on any atom is 0.239 e. The number of nitrogens with one attached hydrogen (secondary N) is 2. The molecule has 5 nitrogen and oxygen atoms in total. The molecule has 0 aliphatic carbocycles. The highest BCUT2D eigenvalue weighted by Crippen LogP contribution is 2.19. The summed E-state index contributed by atoms with van der Waals surface area (Å²) >= 11 is 3.38. The molecule has 2 rings (SSSR count). The molecule has 1 aromatic carbocycles. The highest BCUT2D eigenvalue weighted by molar-refractivity contribution is 9.10. The maximum absolute atomic E-state index is 11.8. The van der Waals surface area contributed by atoms with Crippen molar-refractivity contribution in [1.82, 2.24) is 5.32 Å². The molecule has 0 saturated carbocycles. The number of aryl methyl sites for hydroxylation is 1. The first-order valence-corrected chi connectivity index (χ1v) is 8.97. The molecule has 1 heterocycles. The van der Waals surface area contributed by atoms with E-state index in [2.05, 4.69) is 26.6 Å². The molecule has 1 fully saturated rings. The molecule has 1 aliphatic heterocycles. The van der Waals surface area contributed by atoms with Crippen molar-refractivity contribution in [2.75, 3.05) is 23.4 Å². The largest absolute Gasteiger partial charge is 0.376 e. The Hall–Kier alpha value is -1.08. The van der Waals surface area contributed by atoms with Crippen LogP contribution in [0.5, 0.6) is 0 Å². The molecule has 0 unspecified atom stereocenters. The van der Waals surface area contributed by atoms with Crippen molar-refractivity contribution in [2.24, 2.45) is 0 Å². The predicted molar refractivity (Wildman–Crippen MR) is 82.6 cm³/mol. The van der Waals surface area contributed by atoms with Gasteiger partial charge in [-0.15, -0.1) is 0 Å². The second kappa shape index (κ2) is 6.13. The molecule has 1 saturated heterocycles. The SMILES string of the molecule is Cc1cc(Br)ccc1NCC(=O)N[C@@H]1CCS(=O)(=O)C1. The number of anilines is 1. The van der Waals surface area contributed by atoms with Crippen LogP contribution < -0.4 is 10.6 Å². The molecule has 0 spiro atoms. The fourth-order valence-electron chi connectivity index (χ4n) is 2.19. The fourth-order valence-corrected chi connectivity index (χ4v) is 4.34. The Kier molecular flexibility index (Phi) is 4.70. The molecule has 1 atom stereocenters. The molecule has 20 heavy (non-hydrogen) atoms. The van der Waals surface area contributed by atoms with Gasteiger partial charge in [0.15, 0.2) is 9.84 Å². The zero-order valence-corrected chi connectivity index (χ0v) is 13.6. The minimum atomic E-state index is -2.96. The molecule has 7 heteroatoms. The normalized spacial score (nSPS) is 20.6. The van der Waals surface area contributed by atoms with Crippen molar-refractivity contribution in [1.29, 1.82) is 0 Å². The van der Waals surface area contributed by atoms with E-state index >= 15 is 0 Å². The van der Waals surface area contributed by atoms with Gasteiger partial charge < -0.3 is 10.6 Å². The van der Waals surface area contributed by atoms with Crippen LogP contribution in [0.2, 0.25) is 0 Å². The molecule has 1 aromatic rings. The van der Waals surface area contributed by atoms with Crippen LogP contribution in [0.4, 0.5) is 5.69 Å². The number of halogens is 1. The van der Waals surface area contributed by atoms with Gasteiger partial charge in [0.25, 0.3) is 0 Å². The molecule has 1 amide bonds. The van der Waals surface area contributed by atoms with E-state index in [9.17, 15) is 13.2 Å². The van der Waals surface area contributed by atoms with Crippen molar-refractivity contribution in [3.63, 3.8) is 0 Å². The zero-order chi connectivity index (χ0) is 14.8. The predicted octanol–water partition coefficient (Wildman–Crippen LogP) is 1.47. The van der Waals surface area contributed by atoms with E-state index in [1.165, 1.54) is 0 Å². The topological polar surface area (TPSA) is 75.3 Å². The van der Waals surface area contributed by atoms with E-state index in [0.29, 0.717) is 6.42 Å². The summed E-state index contributed by atoms with van der Waals surface area (Å²) in [5.41, 5.74) is 1.93. The average molecular weight is 361 g/mol. The minimum Gasteiger partial charge on any atom is -0.376 e. The van der Waals surface area contributed by atoms with Gasteiger partial charge in [0.2, 0.25) is 5.91 Å². The van der Waals surface area contributed by atoms with Crippen LogP contribution >= 0.6 is 15.9 Å². The lowest BCUT2D eigenvalue weighted by Crippen LogP contribution is -2.39. The summed E-state index contributed by atoms with van der Waals surface area (Å²) in [5.74, 6) is 0.0298. The van der Waals surface area contributed by atoms with Gasteiger partial charge in [0.1, 0.15) is 0 Å². The number of hydrogen-bond acceptors (Lipinski definition) is 4. The van der Waals surface area contributed by atoms with E-state index < -0.39 is 9.84 Å². The first-order chi connectivity index (χ1) is 9.35. The van der Waals surface area contributed by atoms with Gasteiger partial charge in [-0.25, -0.2) is 8.42 Å². The third-order valence-electron chi connectivity index (χ3n) is 3.23. The molecule has 110 valence electrons. The van der Waals surface area contributed by atoms with Crippen molar-refractivity contribution in [3.05, 3.63) is 28.2 Å². The number of amides is 1. The quantitative estimate of drug-likeness (QED) is 0.852. The smallest absolute Gasteiger partial charge is 0.239 e. The van der Waals surface area contributed by atoms with Gasteiger partial charge in [0.05, 0.1) is 18.1 Å². The third-order valence-corrected chi connectivity index (χ3v) is 5.49. The molecule has 0 aromatic heterocycles. The molecule has 2 N–H and O–H groups in total.